The Hall–Kier alpha value is -3.12. The highest BCUT2D eigenvalue weighted by Gasteiger charge is 2.27. The van der Waals surface area contributed by atoms with Crippen molar-refractivity contribution < 1.29 is 4.79 Å². The molecular formula is C25H27ClN4O2. The van der Waals surface area contributed by atoms with Crippen molar-refractivity contribution in [3.8, 4) is 11.3 Å². The Kier molecular flexibility index (Phi) is 6.33. The summed E-state index contributed by atoms with van der Waals surface area (Å²) < 4.78 is 1.30. The third-order valence-electron chi connectivity index (χ3n) is 6.00. The van der Waals surface area contributed by atoms with Gasteiger partial charge in [0.25, 0.3) is 5.56 Å². The second kappa shape index (κ2) is 9.17. The van der Waals surface area contributed by atoms with E-state index in [0.29, 0.717) is 36.9 Å². The predicted octanol–water partition coefficient (Wildman–Crippen LogP) is 4.09. The van der Waals surface area contributed by atoms with Crippen molar-refractivity contribution in [2.75, 3.05) is 31.1 Å². The number of carbonyl (C=O) groups is 1. The Morgan fingerprint density at radius 2 is 1.66 bits per heavy atom. The molecule has 0 saturated carbocycles. The van der Waals surface area contributed by atoms with Gasteiger partial charge in [-0.3, -0.25) is 9.59 Å². The topological polar surface area (TPSA) is 58.4 Å². The second-order valence-electron chi connectivity index (χ2n) is 8.29. The summed E-state index contributed by atoms with van der Waals surface area (Å²) in [5, 5.41) is 5.21. The summed E-state index contributed by atoms with van der Waals surface area (Å²) in [5.41, 5.74) is 4.71. The van der Waals surface area contributed by atoms with Gasteiger partial charge in [-0.15, -0.1) is 0 Å². The van der Waals surface area contributed by atoms with E-state index in [1.54, 1.807) is 13.0 Å². The standard InChI is InChI=1S/C25H27ClN4O2/c1-17-4-7-20(8-5-17)22-10-11-24(31)30(27-22)19(3)25(32)29-14-12-28(13-15-29)23-16-21(26)9-6-18(23)2/h4-11,16,19H,12-15H2,1-3H3. The number of piperazine rings is 1. The molecule has 0 radical (unpaired) electrons. The van der Waals surface area contributed by atoms with Crippen molar-refractivity contribution >= 4 is 23.2 Å². The van der Waals surface area contributed by atoms with E-state index in [0.717, 1.165) is 22.4 Å². The molecule has 1 aromatic heterocycles. The highest BCUT2D eigenvalue weighted by molar-refractivity contribution is 6.30. The van der Waals surface area contributed by atoms with Gasteiger partial charge in [-0.1, -0.05) is 47.5 Å². The molecule has 1 amide bonds. The molecule has 3 aromatic rings. The van der Waals surface area contributed by atoms with E-state index in [1.807, 2.05) is 54.3 Å². The number of benzene rings is 2. The molecule has 0 bridgehead atoms. The van der Waals surface area contributed by atoms with Crippen LogP contribution in [0.25, 0.3) is 11.3 Å². The maximum Gasteiger partial charge on any atom is 0.267 e. The molecule has 1 aliphatic heterocycles. The lowest BCUT2D eigenvalue weighted by atomic mass is 10.1. The molecule has 1 aliphatic rings. The molecule has 4 rings (SSSR count). The molecule has 6 nitrogen and oxygen atoms in total. The number of aryl methyl sites for hydroxylation is 2. The lowest BCUT2D eigenvalue weighted by Crippen LogP contribution is -2.51. The van der Waals surface area contributed by atoms with Crippen molar-refractivity contribution in [2.24, 2.45) is 0 Å². The fraction of sp³-hybridized carbons (Fsp3) is 0.320. The maximum absolute atomic E-state index is 13.2. The van der Waals surface area contributed by atoms with Gasteiger partial charge < -0.3 is 9.80 Å². The molecule has 32 heavy (non-hydrogen) atoms. The number of hydrogen-bond donors (Lipinski definition) is 0. The van der Waals surface area contributed by atoms with Gasteiger partial charge in [0.15, 0.2) is 0 Å². The van der Waals surface area contributed by atoms with Gasteiger partial charge in [0, 0.05) is 48.5 Å². The number of aromatic nitrogens is 2. The summed E-state index contributed by atoms with van der Waals surface area (Å²) in [6.45, 7) is 8.42. The number of rotatable bonds is 4. The van der Waals surface area contributed by atoms with E-state index >= 15 is 0 Å². The van der Waals surface area contributed by atoms with Gasteiger partial charge in [0.05, 0.1) is 5.69 Å². The first-order valence-electron chi connectivity index (χ1n) is 10.8. The monoisotopic (exact) mass is 450 g/mol. The molecule has 0 N–H and O–H groups in total. The first-order chi connectivity index (χ1) is 15.3. The fourth-order valence-corrected chi connectivity index (χ4v) is 4.21. The van der Waals surface area contributed by atoms with Gasteiger partial charge in [-0.25, -0.2) is 4.68 Å². The van der Waals surface area contributed by atoms with Crippen LogP contribution in [0.4, 0.5) is 5.69 Å². The van der Waals surface area contributed by atoms with Crippen LogP contribution in [-0.2, 0) is 4.79 Å². The van der Waals surface area contributed by atoms with Crippen molar-refractivity contribution in [3.05, 3.63) is 81.1 Å². The van der Waals surface area contributed by atoms with Crippen LogP contribution in [-0.4, -0.2) is 46.8 Å². The fourth-order valence-electron chi connectivity index (χ4n) is 4.04. The van der Waals surface area contributed by atoms with Crippen molar-refractivity contribution in [1.29, 1.82) is 0 Å². The van der Waals surface area contributed by atoms with Gasteiger partial charge in [0.1, 0.15) is 6.04 Å². The maximum atomic E-state index is 13.2. The van der Waals surface area contributed by atoms with Crippen LogP contribution in [0.2, 0.25) is 5.02 Å². The number of nitrogens with zero attached hydrogens (tertiary/aromatic N) is 4. The lowest BCUT2D eigenvalue weighted by Gasteiger charge is -2.37. The van der Waals surface area contributed by atoms with Crippen molar-refractivity contribution in [3.63, 3.8) is 0 Å². The Balaban J connectivity index is 1.48. The average Bonchev–Trinajstić information content (AvgIpc) is 2.81. The molecule has 2 heterocycles. The normalized spacial score (nSPS) is 15.0. The number of carbonyl (C=O) groups excluding carboxylic acids is 1. The van der Waals surface area contributed by atoms with Crippen molar-refractivity contribution in [2.45, 2.75) is 26.8 Å². The van der Waals surface area contributed by atoms with Gasteiger partial charge in [-0.05, 0) is 44.5 Å². The Bertz CT molecular complexity index is 1180. The van der Waals surface area contributed by atoms with Crippen molar-refractivity contribution in [1.82, 2.24) is 14.7 Å². The second-order valence-corrected chi connectivity index (χ2v) is 8.72. The number of amides is 1. The molecule has 166 valence electrons. The van der Waals surface area contributed by atoms with Crippen LogP contribution in [0.3, 0.4) is 0 Å². The predicted molar refractivity (Wildman–Crippen MR) is 128 cm³/mol. The Morgan fingerprint density at radius 1 is 0.969 bits per heavy atom. The molecule has 7 heteroatoms. The van der Waals surface area contributed by atoms with E-state index in [2.05, 4.69) is 16.9 Å². The zero-order valence-corrected chi connectivity index (χ0v) is 19.3. The molecule has 1 atom stereocenters. The third kappa shape index (κ3) is 4.55. The summed E-state index contributed by atoms with van der Waals surface area (Å²) in [6, 6.07) is 16.3. The number of hydrogen-bond acceptors (Lipinski definition) is 4. The number of halogens is 1. The van der Waals surface area contributed by atoms with E-state index in [4.69, 9.17) is 11.6 Å². The van der Waals surface area contributed by atoms with Crippen LogP contribution < -0.4 is 10.5 Å². The first kappa shape index (κ1) is 22.1. The summed E-state index contributed by atoms with van der Waals surface area (Å²) in [6.07, 6.45) is 0. The molecule has 1 unspecified atom stereocenters. The van der Waals surface area contributed by atoms with Gasteiger partial charge >= 0.3 is 0 Å². The highest BCUT2D eigenvalue weighted by atomic mass is 35.5. The van der Waals surface area contributed by atoms with Crippen LogP contribution >= 0.6 is 11.6 Å². The summed E-state index contributed by atoms with van der Waals surface area (Å²) in [5.74, 6) is -0.0943. The van der Waals surface area contributed by atoms with Gasteiger partial charge in [-0.2, -0.15) is 5.10 Å². The number of anilines is 1. The molecular weight excluding hydrogens is 424 g/mol. The van der Waals surface area contributed by atoms with Crippen LogP contribution in [0, 0.1) is 13.8 Å². The van der Waals surface area contributed by atoms with E-state index < -0.39 is 6.04 Å². The summed E-state index contributed by atoms with van der Waals surface area (Å²) >= 11 is 6.17. The Labute approximate surface area is 193 Å². The summed E-state index contributed by atoms with van der Waals surface area (Å²) in [7, 11) is 0. The SMILES string of the molecule is Cc1ccc(-c2ccc(=O)n(C(C)C(=O)N3CCN(c4cc(Cl)ccc4C)CC3)n2)cc1. The van der Waals surface area contributed by atoms with E-state index in [-0.39, 0.29) is 11.5 Å². The van der Waals surface area contributed by atoms with Crippen LogP contribution in [0.1, 0.15) is 24.1 Å². The smallest absolute Gasteiger partial charge is 0.267 e. The average molecular weight is 451 g/mol. The quantitative estimate of drug-likeness (QED) is 0.600. The zero-order valence-electron chi connectivity index (χ0n) is 18.6. The molecule has 2 aromatic carbocycles. The Morgan fingerprint density at radius 3 is 2.34 bits per heavy atom. The molecule has 1 fully saturated rings. The third-order valence-corrected chi connectivity index (χ3v) is 6.23. The van der Waals surface area contributed by atoms with Crippen LogP contribution in [0.15, 0.2) is 59.4 Å². The van der Waals surface area contributed by atoms with E-state index in [9.17, 15) is 9.59 Å². The van der Waals surface area contributed by atoms with Crippen LogP contribution in [0.5, 0.6) is 0 Å². The lowest BCUT2D eigenvalue weighted by molar-refractivity contribution is -0.135. The first-order valence-corrected chi connectivity index (χ1v) is 11.2. The minimum atomic E-state index is -0.674. The largest absolute Gasteiger partial charge is 0.368 e. The molecule has 0 spiro atoms. The van der Waals surface area contributed by atoms with Gasteiger partial charge in [0.2, 0.25) is 5.91 Å². The summed E-state index contributed by atoms with van der Waals surface area (Å²) in [4.78, 5) is 29.8. The minimum Gasteiger partial charge on any atom is -0.368 e. The van der Waals surface area contributed by atoms with E-state index in [1.165, 1.54) is 10.7 Å². The molecule has 1 saturated heterocycles. The zero-order chi connectivity index (χ0) is 22.8. The minimum absolute atomic E-state index is 0.0943. The highest BCUT2D eigenvalue weighted by Crippen LogP contribution is 2.26. The molecule has 0 aliphatic carbocycles.